The number of carbonyl (C=O) groups excluding carboxylic acids is 2. The van der Waals surface area contributed by atoms with Crippen LogP contribution in [-0.2, 0) is 4.79 Å². The van der Waals surface area contributed by atoms with Crippen LogP contribution in [0, 0.1) is 15.9 Å². The Kier molecular flexibility index (Phi) is 6.44. The van der Waals surface area contributed by atoms with Crippen molar-refractivity contribution in [1.82, 2.24) is 10.6 Å². The van der Waals surface area contributed by atoms with Crippen molar-refractivity contribution in [3.05, 3.63) is 118 Å². The Bertz CT molecular complexity index is 1560. The fourth-order valence-corrected chi connectivity index (χ4v) is 4.23. The number of nitrogens with one attached hydrogen (secondary N) is 3. The molecule has 0 aliphatic carbocycles. The lowest BCUT2D eigenvalue weighted by Crippen LogP contribution is -2.45. The SMILES string of the molecule is CC1=C(C(=O)Nc2ccc([N+](=O)[O-])cc2)[C@H](c2ccc(-c3cc(-c4ccc(F)cc4)co3)cc2)NC(=O)N1. The topological polar surface area (TPSA) is 127 Å². The molecule has 38 heavy (non-hydrogen) atoms. The highest BCUT2D eigenvalue weighted by molar-refractivity contribution is 6.06. The third-order valence-electron chi connectivity index (χ3n) is 6.16. The molecule has 0 spiro atoms. The van der Waals surface area contributed by atoms with Gasteiger partial charge in [0.05, 0.1) is 22.8 Å². The molecule has 4 aromatic rings. The molecular formula is C28H21FN4O5. The molecule has 9 nitrogen and oxygen atoms in total. The number of nitro benzene ring substituents is 1. The number of non-ortho nitro benzene ring substituents is 1. The molecule has 1 aliphatic rings. The van der Waals surface area contributed by atoms with Gasteiger partial charge in [-0.15, -0.1) is 0 Å². The number of urea groups is 1. The number of halogens is 1. The number of benzene rings is 3. The van der Waals surface area contributed by atoms with E-state index in [1.54, 1.807) is 37.5 Å². The average Bonchev–Trinajstić information content (AvgIpc) is 3.39. The van der Waals surface area contributed by atoms with Crippen LogP contribution in [0.25, 0.3) is 22.5 Å². The number of nitrogens with zero attached hydrogens (tertiary/aromatic N) is 1. The number of rotatable bonds is 6. The lowest BCUT2D eigenvalue weighted by Gasteiger charge is -2.28. The fourth-order valence-electron chi connectivity index (χ4n) is 4.23. The van der Waals surface area contributed by atoms with Crippen LogP contribution >= 0.6 is 0 Å². The summed E-state index contributed by atoms with van der Waals surface area (Å²) in [6, 6.07) is 19.5. The summed E-state index contributed by atoms with van der Waals surface area (Å²) >= 11 is 0. The van der Waals surface area contributed by atoms with Crippen LogP contribution in [0.15, 0.2) is 101 Å². The van der Waals surface area contributed by atoms with Crippen molar-refractivity contribution in [1.29, 1.82) is 0 Å². The van der Waals surface area contributed by atoms with E-state index in [1.165, 1.54) is 36.4 Å². The Labute approximate surface area is 216 Å². The van der Waals surface area contributed by atoms with E-state index in [-0.39, 0.29) is 11.5 Å². The van der Waals surface area contributed by atoms with E-state index < -0.39 is 22.9 Å². The Morgan fingerprint density at radius 1 is 0.974 bits per heavy atom. The summed E-state index contributed by atoms with van der Waals surface area (Å²) in [7, 11) is 0. The summed E-state index contributed by atoms with van der Waals surface area (Å²) in [5.41, 5.74) is 4.04. The van der Waals surface area contributed by atoms with Crippen LogP contribution in [0.1, 0.15) is 18.5 Å². The summed E-state index contributed by atoms with van der Waals surface area (Å²) in [6.45, 7) is 1.63. The smallest absolute Gasteiger partial charge is 0.319 e. The van der Waals surface area contributed by atoms with Gasteiger partial charge < -0.3 is 20.4 Å². The molecule has 3 N–H and O–H groups in total. The molecule has 0 saturated carbocycles. The van der Waals surface area contributed by atoms with Crippen molar-refractivity contribution >= 4 is 23.3 Å². The third-order valence-corrected chi connectivity index (χ3v) is 6.16. The molecule has 0 fully saturated rings. The summed E-state index contributed by atoms with van der Waals surface area (Å²) < 4.78 is 19.0. The summed E-state index contributed by atoms with van der Waals surface area (Å²) in [6.07, 6.45) is 1.59. The zero-order valence-electron chi connectivity index (χ0n) is 20.0. The van der Waals surface area contributed by atoms with Gasteiger partial charge >= 0.3 is 6.03 Å². The minimum absolute atomic E-state index is 0.0932. The first kappa shape index (κ1) is 24.4. The summed E-state index contributed by atoms with van der Waals surface area (Å²) in [4.78, 5) is 35.8. The van der Waals surface area contributed by atoms with Gasteiger partial charge in [0.25, 0.3) is 11.6 Å². The molecular weight excluding hydrogens is 491 g/mol. The number of hydrogen-bond acceptors (Lipinski definition) is 5. The molecule has 190 valence electrons. The molecule has 1 aliphatic heterocycles. The zero-order chi connectivity index (χ0) is 26.8. The lowest BCUT2D eigenvalue weighted by molar-refractivity contribution is -0.384. The number of carbonyl (C=O) groups is 2. The van der Waals surface area contributed by atoms with Crippen LogP contribution in [0.5, 0.6) is 0 Å². The van der Waals surface area contributed by atoms with Gasteiger partial charge in [-0.05, 0) is 48.4 Å². The minimum atomic E-state index is -0.734. The van der Waals surface area contributed by atoms with Crippen molar-refractivity contribution in [2.24, 2.45) is 0 Å². The average molecular weight is 512 g/mol. The Morgan fingerprint density at radius 3 is 2.29 bits per heavy atom. The quantitative estimate of drug-likeness (QED) is 0.218. The van der Waals surface area contributed by atoms with Gasteiger partial charge in [-0.25, -0.2) is 9.18 Å². The van der Waals surface area contributed by atoms with Gasteiger partial charge in [0, 0.05) is 34.6 Å². The van der Waals surface area contributed by atoms with Crippen LogP contribution in [0.2, 0.25) is 0 Å². The Balaban J connectivity index is 1.38. The second kappa shape index (κ2) is 10.0. The maximum absolute atomic E-state index is 13.2. The fraction of sp³-hybridized carbons (Fsp3) is 0.0714. The lowest BCUT2D eigenvalue weighted by atomic mass is 9.93. The number of anilines is 1. The standard InChI is InChI=1S/C28H21FN4O5/c1-16-25(27(34)31-22-10-12-23(13-11-22)33(36)37)26(32-28(35)30-16)19-4-2-18(3-5-19)24-14-20(15-38-24)17-6-8-21(29)9-7-17/h2-15,26H,1H3,(H,31,34)(H2,30,32,35)/t26-/m0/s1. The predicted molar refractivity (Wildman–Crippen MR) is 138 cm³/mol. The van der Waals surface area contributed by atoms with Crippen LogP contribution < -0.4 is 16.0 Å². The van der Waals surface area contributed by atoms with E-state index in [0.29, 0.717) is 28.3 Å². The molecule has 10 heteroatoms. The van der Waals surface area contributed by atoms with Gasteiger partial charge in [-0.3, -0.25) is 14.9 Å². The highest BCUT2D eigenvalue weighted by atomic mass is 19.1. The first-order valence-corrected chi connectivity index (χ1v) is 11.6. The van der Waals surface area contributed by atoms with E-state index in [0.717, 1.165) is 16.7 Å². The Morgan fingerprint density at radius 2 is 1.63 bits per heavy atom. The number of amides is 3. The third kappa shape index (κ3) is 5.00. The van der Waals surface area contributed by atoms with Crippen molar-refractivity contribution in [2.75, 3.05) is 5.32 Å². The molecule has 3 aromatic carbocycles. The molecule has 0 bridgehead atoms. The van der Waals surface area contributed by atoms with Crippen LogP contribution in [0.4, 0.5) is 20.6 Å². The van der Waals surface area contributed by atoms with Crippen molar-refractivity contribution in [2.45, 2.75) is 13.0 Å². The van der Waals surface area contributed by atoms with Crippen molar-refractivity contribution in [3.63, 3.8) is 0 Å². The maximum Gasteiger partial charge on any atom is 0.319 e. The molecule has 0 unspecified atom stereocenters. The van der Waals surface area contributed by atoms with E-state index >= 15 is 0 Å². The summed E-state index contributed by atoms with van der Waals surface area (Å²) in [5.74, 6) is -0.177. The van der Waals surface area contributed by atoms with Crippen molar-refractivity contribution < 1.29 is 23.3 Å². The highest BCUT2D eigenvalue weighted by Crippen LogP contribution is 2.32. The number of hydrogen-bond donors (Lipinski definition) is 3. The molecule has 0 radical (unpaired) electrons. The number of allylic oxidation sites excluding steroid dienone is 1. The van der Waals surface area contributed by atoms with Crippen LogP contribution in [0.3, 0.4) is 0 Å². The molecule has 3 amide bonds. The largest absolute Gasteiger partial charge is 0.464 e. The predicted octanol–water partition coefficient (Wildman–Crippen LogP) is 5.93. The molecule has 1 atom stereocenters. The first-order valence-electron chi connectivity index (χ1n) is 11.6. The first-order chi connectivity index (χ1) is 18.3. The molecule has 1 aromatic heterocycles. The number of furan rings is 1. The maximum atomic E-state index is 13.2. The van der Waals surface area contributed by atoms with E-state index in [2.05, 4.69) is 16.0 Å². The van der Waals surface area contributed by atoms with Crippen LogP contribution in [-0.4, -0.2) is 16.9 Å². The Hall–Kier alpha value is -5.25. The van der Waals surface area contributed by atoms with E-state index in [1.807, 2.05) is 18.2 Å². The molecule has 0 saturated heterocycles. The number of nitro groups is 1. The second-order valence-electron chi connectivity index (χ2n) is 8.66. The van der Waals surface area contributed by atoms with Gasteiger partial charge in [0.15, 0.2) is 0 Å². The molecule has 2 heterocycles. The van der Waals surface area contributed by atoms with Gasteiger partial charge in [-0.1, -0.05) is 36.4 Å². The van der Waals surface area contributed by atoms with E-state index in [9.17, 15) is 24.1 Å². The van der Waals surface area contributed by atoms with Crippen molar-refractivity contribution in [3.8, 4) is 22.5 Å². The summed E-state index contributed by atoms with van der Waals surface area (Å²) in [5, 5.41) is 19.0. The monoisotopic (exact) mass is 512 g/mol. The zero-order valence-corrected chi connectivity index (χ0v) is 20.0. The minimum Gasteiger partial charge on any atom is -0.464 e. The molecule has 5 rings (SSSR count). The second-order valence-corrected chi connectivity index (χ2v) is 8.66. The van der Waals surface area contributed by atoms with Gasteiger partial charge in [-0.2, -0.15) is 0 Å². The highest BCUT2D eigenvalue weighted by Gasteiger charge is 2.31. The van der Waals surface area contributed by atoms with Gasteiger partial charge in [0.1, 0.15) is 11.6 Å². The normalized spacial score (nSPS) is 15.0. The van der Waals surface area contributed by atoms with Gasteiger partial charge in [0.2, 0.25) is 0 Å². The van der Waals surface area contributed by atoms with E-state index in [4.69, 9.17) is 4.42 Å².